The molecule has 0 N–H and O–H groups in total. The van der Waals surface area contributed by atoms with Crippen LogP contribution in [0.25, 0.3) is 0 Å². The van der Waals surface area contributed by atoms with Gasteiger partial charge in [0.2, 0.25) is 5.88 Å². The third-order valence-electron chi connectivity index (χ3n) is 1.13. The van der Waals surface area contributed by atoms with Crippen molar-refractivity contribution in [1.82, 2.24) is 4.98 Å². The minimum Gasteiger partial charge on any atom is -0.480 e. The maximum Gasteiger partial charge on any atom is 0.231 e. The van der Waals surface area contributed by atoms with Crippen molar-refractivity contribution in [3.8, 4) is 11.9 Å². The molecule has 56 valence electrons. The summed E-state index contributed by atoms with van der Waals surface area (Å²) in [7, 11) is 1.38. The molecule has 0 bridgehead atoms. The lowest BCUT2D eigenvalue weighted by Gasteiger charge is -1.98. The highest BCUT2D eigenvalue weighted by Crippen LogP contribution is 2.13. The zero-order chi connectivity index (χ0) is 8.27. The molecule has 1 aromatic heterocycles. The minimum absolute atomic E-state index is 0.104. The van der Waals surface area contributed by atoms with Crippen LogP contribution in [0.4, 0.5) is 4.39 Å². The van der Waals surface area contributed by atoms with Gasteiger partial charge < -0.3 is 4.74 Å². The van der Waals surface area contributed by atoms with Crippen LogP contribution in [-0.2, 0) is 0 Å². The molecule has 0 fully saturated rings. The van der Waals surface area contributed by atoms with E-state index in [-0.39, 0.29) is 11.4 Å². The fraction of sp³-hybridized carbons (Fsp3) is 0.143. The van der Waals surface area contributed by atoms with E-state index in [1.54, 1.807) is 6.07 Å². The smallest absolute Gasteiger partial charge is 0.231 e. The van der Waals surface area contributed by atoms with Crippen LogP contribution in [0.15, 0.2) is 12.3 Å². The van der Waals surface area contributed by atoms with Gasteiger partial charge in [0.15, 0.2) is 0 Å². The van der Waals surface area contributed by atoms with E-state index in [0.717, 1.165) is 12.3 Å². The standard InChI is InChI=1S/C7H5FN2O/c1-11-7-5(3-9)2-6(8)4-10-7/h2,4H,1H3. The lowest BCUT2D eigenvalue weighted by atomic mass is 10.3. The largest absolute Gasteiger partial charge is 0.480 e. The summed E-state index contributed by atoms with van der Waals surface area (Å²) in [5, 5.41) is 8.44. The van der Waals surface area contributed by atoms with E-state index < -0.39 is 5.82 Å². The van der Waals surface area contributed by atoms with Gasteiger partial charge in [0.1, 0.15) is 17.4 Å². The molecule has 1 rings (SSSR count). The Bertz CT molecular complexity index is 306. The molecule has 0 aliphatic rings. The van der Waals surface area contributed by atoms with E-state index in [0.29, 0.717) is 0 Å². The second kappa shape index (κ2) is 2.97. The van der Waals surface area contributed by atoms with Crippen LogP contribution in [0.2, 0.25) is 0 Å². The first-order valence-corrected chi connectivity index (χ1v) is 2.87. The summed E-state index contributed by atoms with van der Waals surface area (Å²) in [4.78, 5) is 3.55. The first kappa shape index (κ1) is 7.48. The molecule has 11 heavy (non-hydrogen) atoms. The number of methoxy groups -OCH3 is 1. The van der Waals surface area contributed by atoms with Gasteiger partial charge in [-0.2, -0.15) is 5.26 Å². The summed E-state index contributed by atoms with van der Waals surface area (Å²) >= 11 is 0. The van der Waals surface area contributed by atoms with Gasteiger partial charge in [-0.1, -0.05) is 0 Å². The van der Waals surface area contributed by atoms with Crippen molar-refractivity contribution in [2.45, 2.75) is 0 Å². The number of halogens is 1. The second-order valence-corrected chi connectivity index (χ2v) is 1.82. The van der Waals surface area contributed by atoms with E-state index in [9.17, 15) is 4.39 Å². The van der Waals surface area contributed by atoms with Crippen molar-refractivity contribution in [3.63, 3.8) is 0 Å². The van der Waals surface area contributed by atoms with Gasteiger partial charge in [-0.15, -0.1) is 0 Å². The lowest BCUT2D eigenvalue weighted by molar-refractivity contribution is 0.394. The van der Waals surface area contributed by atoms with Crippen molar-refractivity contribution >= 4 is 0 Å². The van der Waals surface area contributed by atoms with Gasteiger partial charge in [-0.25, -0.2) is 9.37 Å². The monoisotopic (exact) mass is 152 g/mol. The average molecular weight is 152 g/mol. The zero-order valence-electron chi connectivity index (χ0n) is 5.84. The van der Waals surface area contributed by atoms with Crippen molar-refractivity contribution < 1.29 is 9.13 Å². The first-order chi connectivity index (χ1) is 5.27. The van der Waals surface area contributed by atoms with Crippen LogP contribution >= 0.6 is 0 Å². The molecule has 0 unspecified atom stereocenters. The Kier molecular flexibility index (Phi) is 2.02. The average Bonchev–Trinajstić information content (AvgIpc) is 2.04. The highest BCUT2D eigenvalue weighted by atomic mass is 19.1. The Morgan fingerprint density at radius 3 is 3.00 bits per heavy atom. The molecule has 0 aliphatic heterocycles. The van der Waals surface area contributed by atoms with Gasteiger partial charge in [0.25, 0.3) is 0 Å². The molecule has 0 saturated heterocycles. The number of rotatable bonds is 1. The van der Waals surface area contributed by atoms with Crippen molar-refractivity contribution in [2.75, 3.05) is 7.11 Å². The topological polar surface area (TPSA) is 45.9 Å². The molecule has 0 radical (unpaired) electrons. The molecule has 0 aliphatic carbocycles. The molecule has 0 saturated carbocycles. The van der Waals surface area contributed by atoms with Crippen molar-refractivity contribution in [3.05, 3.63) is 23.6 Å². The fourth-order valence-electron chi connectivity index (χ4n) is 0.669. The molecule has 1 heterocycles. The Morgan fingerprint density at radius 1 is 1.73 bits per heavy atom. The number of hydrogen-bond donors (Lipinski definition) is 0. The molecule has 3 nitrogen and oxygen atoms in total. The van der Waals surface area contributed by atoms with Gasteiger partial charge in [-0.05, 0) is 6.07 Å². The molecule has 0 aromatic carbocycles. The van der Waals surface area contributed by atoms with Crippen LogP contribution in [0.5, 0.6) is 5.88 Å². The third kappa shape index (κ3) is 1.44. The van der Waals surface area contributed by atoms with Crippen LogP contribution in [-0.4, -0.2) is 12.1 Å². The molecule has 1 aromatic rings. The summed E-state index contributed by atoms with van der Waals surface area (Å²) < 4.78 is 17.1. The van der Waals surface area contributed by atoms with Crippen LogP contribution in [0, 0.1) is 17.1 Å². The molecular formula is C7H5FN2O. The predicted molar refractivity (Wildman–Crippen MR) is 35.5 cm³/mol. The highest BCUT2D eigenvalue weighted by Gasteiger charge is 2.03. The molecule has 0 spiro atoms. The second-order valence-electron chi connectivity index (χ2n) is 1.82. The maximum absolute atomic E-state index is 12.4. The van der Waals surface area contributed by atoms with E-state index >= 15 is 0 Å². The number of aromatic nitrogens is 1. The Balaban J connectivity index is 3.19. The Hall–Kier alpha value is -1.63. The number of ether oxygens (including phenoxy) is 1. The summed E-state index contributed by atoms with van der Waals surface area (Å²) in [5.41, 5.74) is 0.104. The van der Waals surface area contributed by atoms with Crippen molar-refractivity contribution in [1.29, 1.82) is 5.26 Å². The lowest BCUT2D eigenvalue weighted by Crippen LogP contribution is -1.92. The van der Waals surface area contributed by atoms with Crippen LogP contribution < -0.4 is 4.74 Å². The maximum atomic E-state index is 12.4. The van der Waals surface area contributed by atoms with Gasteiger partial charge >= 0.3 is 0 Å². The Labute approximate surface area is 63.1 Å². The molecule has 0 atom stereocenters. The van der Waals surface area contributed by atoms with Gasteiger partial charge in [0.05, 0.1) is 13.3 Å². The molecule has 4 heteroatoms. The molecular weight excluding hydrogens is 147 g/mol. The summed E-state index contributed by atoms with van der Waals surface area (Å²) in [6.45, 7) is 0. The SMILES string of the molecule is COc1ncc(F)cc1C#N. The summed E-state index contributed by atoms with van der Waals surface area (Å²) in [6, 6.07) is 2.84. The van der Waals surface area contributed by atoms with Gasteiger partial charge in [0, 0.05) is 0 Å². The first-order valence-electron chi connectivity index (χ1n) is 2.87. The fourth-order valence-corrected chi connectivity index (χ4v) is 0.669. The third-order valence-corrected chi connectivity index (χ3v) is 1.13. The Morgan fingerprint density at radius 2 is 2.45 bits per heavy atom. The molecule has 0 amide bonds. The van der Waals surface area contributed by atoms with Crippen molar-refractivity contribution in [2.24, 2.45) is 0 Å². The van der Waals surface area contributed by atoms with Crippen LogP contribution in [0.1, 0.15) is 5.56 Å². The van der Waals surface area contributed by atoms with E-state index in [4.69, 9.17) is 10.00 Å². The summed E-state index contributed by atoms with van der Waals surface area (Å²) in [5.74, 6) is -0.392. The number of pyridine rings is 1. The number of nitriles is 1. The minimum atomic E-state index is -0.539. The van der Waals surface area contributed by atoms with Crippen LogP contribution in [0.3, 0.4) is 0 Å². The highest BCUT2D eigenvalue weighted by molar-refractivity contribution is 5.37. The quantitative estimate of drug-likeness (QED) is 0.605. The van der Waals surface area contributed by atoms with Gasteiger partial charge in [-0.3, -0.25) is 0 Å². The summed E-state index contributed by atoms with van der Waals surface area (Å²) in [6.07, 6.45) is 1.000. The normalized spacial score (nSPS) is 8.82. The van der Waals surface area contributed by atoms with E-state index in [1.807, 2.05) is 0 Å². The van der Waals surface area contributed by atoms with E-state index in [2.05, 4.69) is 4.98 Å². The number of nitrogens with zero attached hydrogens (tertiary/aromatic N) is 2. The zero-order valence-corrected chi connectivity index (χ0v) is 5.84. The van der Waals surface area contributed by atoms with E-state index in [1.165, 1.54) is 7.11 Å². The predicted octanol–water partition coefficient (Wildman–Crippen LogP) is 1.10. The number of hydrogen-bond acceptors (Lipinski definition) is 3.